The Morgan fingerprint density at radius 2 is 1.87 bits per heavy atom. The molecule has 0 bridgehead atoms. The van der Waals surface area contributed by atoms with Crippen LogP contribution in [0, 0.1) is 0 Å². The summed E-state index contributed by atoms with van der Waals surface area (Å²) in [6.45, 7) is -3.22. The van der Waals surface area contributed by atoms with Crippen molar-refractivity contribution in [3.05, 3.63) is 23.8 Å². The molecule has 0 amide bonds. The summed E-state index contributed by atoms with van der Waals surface area (Å²) >= 11 is 0. The first-order chi connectivity index (χ1) is 6.49. The zero-order chi connectivity index (χ0) is 10.8. The molecule has 0 fully saturated rings. The molecular weight excluding hydrogens is 231 g/mol. The number of methoxy groups -OCH3 is 1. The topological polar surface area (TPSA) is 9.23 Å². The maximum atomic E-state index is 12.5. The number of hydrogen-bond donors (Lipinski definition) is 0. The summed E-state index contributed by atoms with van der Waals surface area (Å²) in [6.07, 6.45) is 0.355. The third-order valence-electron chi connectivity index (χ3n) is 2.08. The van der Waals surface area contributed by atoms with Crippen LogP contribution in [0.25, 0.3) is 0 Å². The van der Waals surface area contributed by atoms with Gasteiger partial charge in [-0.15, -0.1) is 5.46 Å². The third-order valence-corrected chi connectivity index (χ3v) is 2.08. The van der Waals surface area contributed by atoms with E-state index in [1.54, 1.807) is 6.92 Å². The van der Waals surface area contributed by atoms with Gasteiger partial charge < -0.3 is 17.7 Å². The Morgan fingerprint density at radius 1 is 1.27 bits per heavy atom. The van der Waals surface area contributed by atoms with E-state index in [0.717, 1.165) is 6.07 Å². The van der Waals surface area contributed by atoms with Crippen molar-refractivity contribution >= 4 is 12.4 Å². The van der Waals surface area contributed by atoms with Crippen LogP contribution < -0.4 is 61.6 Å². The second-order valence-electron chi connectivity index (χ2n) is 2.99. The summed E-state index contributed by atoms with van der Waals surface area (Å²) in [6, 6.07) is 3.85. The van der Waals surface area contributed by atoms with E-state index < -0.39 is 12.4 Å². The number of hydrogen-bond acceptors (Lipinski definition) is 1. The van der Waals surface area contributed by atoms with Crippen molar-refractivity contribution in [3.63, 3.8) is 0 Å². The van der Waals surface area contributed by atoms with Crippen LogP contribution in [0.2, 0.25) is 0 Å². The van der Waals surface area contributed by atoms with Crippen LogP contribution in [0.1, 0.15) is 12.5 Å². The quantitative estimate of drug-likeness (QED) is 0.638. The van der Waals surface area contributed by atoms with Crippen molar-refractivity contribution < 1.29 is 69.1 Å². The van der Waals surface area contributed by atoms with Gasteiger partial charge in [-0.2, -0.15) is 0 Å². The molecule has 0 heterocycles. The van der Waals surface area contributed by atoms with E-state index in [1.165, 1.54) is 19.2 Å². The average molecular weight is 242 g/mol. The van der Waals surface area contributed by atoms with Crippen LogP contribution in [0.4, 0.5) is 12.9 Å². The minimum absolute atomic E-state index is 0. The van der Waals surface area contributed by atoms with Crippen molar-refractivity contribution in [3.8, 4) is 5.75 Å². The molecule has 1 nitrogen and oxygen atoms in total. The van der Waals surface area contributed by atoms with Gasteiger partial charge in [0.1, 0.15) is 5.75 Å². The van der Waals surface area contributed by atoms with Gasteiger partial charge >= 0.3 is 58.4 Å². The third kappa shape index (κ3) is 4.11. The van der Waals surface area contributed by atoms with E-state index in [0.29, 0.717) is 12.2 Å². The Morgan fingerprint density at radius 3 is 2.27 bits per heavy atom. The molecule has 0 spiro atoms. The maximum absolute atomic E-state index is 12.5. The van der Waals surface area contributed by atoms with Gasteiger partial charge in [0, 0.05) is 0 Å². The van der Waals surface area contributed by atoms with Gasteiger partial charge in [0.05, 0.1) is 7.11 Å². The molecule has 0 N–H and O–H groups in total. The molecular formula is C9H11BF3KO. The van der Waals surface area contributed by atoms with Crippen molar-refractivity contribution in [1.82, 2.24) is 0 Å². The summed E-state index contributed by atoms with van der Waals surface area (Å²) in [5.74, 6) is 0.464. The normalized spacial score (nSPS) is 10.7. The molecule has 0 aliphatic heterocycles. The zero-order valence-corrected chi connectivity index (χ0v) is 12.2. The zero-order valence-electron chi connectivity index (χ0n) is 9.06. The first kappa shape index (κ1) is 15.5. The summed E-state index contributed by atoms with van der Waals surface area (Å²) in [5.41, 5.74) is -0.231. The standard InChI is InChI=1S/C9H11BF3O.K/c1-3-7-6-8(14-2)4-5-9(7)10(11,12)13;/h4-6H,3H2,1-2H3;/q-1;+1. The first-order valence-corrected chi connectivity index (χ1v) is 4.35. The largest absolute Gasteiger partial charge is 1.00 e. The molecule has 0 aliphatic carbocycles. The molecule has 0 radical (unpaired) electrons. The summed E-state index contributed by atoms with van der Waals surface area (Å²) in [5, 5.41) is 0. The van der Waals surface area contributed by atoms with Gasteiger partial charge in [0.15, 0.2) is 0 Å². The van der Waals surface area contributed by atoms with Gasteiger partial charge in [0.25, 0.3) is 0 Å². The smallest absolute Gasteiger partial charge is 0.497 e. The predicted molar refractivity (Wildman–Crippen MR) is 51.1 cm³/mol. The van der Waals surface area contributed by atoms with Crippen LogP contribution in [0.5, 0.6) is 5.75 Å². The molecule has 0 aromatic heterocycles. The van der Waals surface area contributed by atoms with Gasteiger partial charge in [-0.25, -0.2) is 0 Å². The van der Waals surface area contributed by atoms with Gasteiger partial charge in [-0.1, -0.05) is 18.6 Å². The minimum Gasteiger partial charge on any atom is -0.497 e. The number of aryl methyl sites for hydroxylation is 1. The molecule has 1 aromatic rings. The van der Waals surface area contributed by atoms with E-state index >= 15 is 0 Å². The van der Waals surface area contributed by atoms with Crippen LogP contribution in [-0.2, 0) is 6.42 Å². The molecule has 1 aromatic carbocycles. The Balaban J connectivity index is 0.00000196. The van der Waals surface area contributed by atoms with Gasteiger partial charge in [-0.3, -0.25) is 0 Å². The number of benzene rings is 1. The van der Waals surface area contributed by atoms with E-state index in [1.807, 2.05) is 0 Å². The Labute approximate surface area is 130 Å². The Kier molecular flexibility index (Phi) is 6.51. The first-order valence-electron chi connectivity index (χ1n) is 4.35. The number of ether oxygens (including phenoxy) is 1. The number of rotatable bonds is 3. The molecule has 0 atom stereocenters. The van der Waals surface area contributed by atoms with Crippen LogP contribution in [-0.4, -0.2) is 14.1 Å². The summed E-state index contributed by atoms with van der Waals surface area (Å²) in [7, 11) is 1.44. The fourth-order valence-electron chi connectivity index (χ4n) is 1.33. The van der Waals surface area contributed by atoms with E-state index in [-0.39, 0.29) is 56.9 Å². The second kappa shape index (κ2) is 6.30. The monoisotopic (exact) mass is 242 g/mol. The predicted octanol–water partition coefficient (Wildman–Crippen LogP) is -0.684. The van der Waals surface area contributed by atoms with Crippen LogP contribution in [0.15, 0.2) is 18.2 Å². The Bertz CT molecular complexity index is 328. The fraction of sp³-hybridized carbons (Fsp3) is 0.333. The summed E-state index contributed by atoms with van der Waals surface area (Å²) in [4.78, 5) is 0. The second-order valence-corrected chi connectivity index (χ2v) is 2.99. The summed E-state index contributed by atoms with van der Waals surface area (Å²) < 4.78 is 42.3. The van der Waals surface area contributed by atoms with E-state index in [2.05, 4.69) is 0 Å². The van der Waals surface area contributed by atoms with Gasteiger partial charge in [-0.05, 0) is 18.6 Å². The molecule has 15 heavy (non-hydrogen) atoms. The Hall–Kier alpha value is 0.511. The minimum atomic E-state index is -4.91. The van der Waals surface area contributed by atoms with E-state index in [9.17, 15) is 12.9 Å². The molecule has 0 unspecified atom stereocenters. The van der Waals surface area contributed by atoms with E-state index in [4.69, 9.17) is 4.74 Å². The van der Waals surface area contributed by atoms with Crippen molar-refractivity contribution in [1.29, 1.82) is 0 Å². The molecule has 0 saturated heterocycles. The molecule has 6 heteroatoms. The van der Waals surface area contributed by atoms with Crippen LogP contribution in [0.3, 0.4) is 0 Å². The number of halogens is 3. The molecule has 0 aliphatic rings. The van der Waals surface area contributed by atoms with Crippen molar-refractivity contribution in [2.75, 3.05) is 7.11 Å². The average Bonchev–Trinajstić information content (AvgIpc) is 2.15. The van der Waals surface area contributed by atoms with Gasteiger partial charge in [0.2, 0.25) is 0 Å². The fourth-order valence-corrected chi connectivity index (χ4v) is 1.33. The van der Waals surface area contributed by atoms with Crippen LogP contribution >= 0.6 is 0 Å². The SMILES string of the molecule is CCc1cc(OC)ccc1[B-](F)(F)F.[K+]. The van der Waals surface area contributed by atoms with Crippen molar-refractivity contribution in [2.45, 2.75) is 13.3 Å². The molecule has 0 saturated carbocycles. The van der Waals surface area contributed by atoms with Crippen molar-refractivity contribution in [2.24, 2.45) is 0 Å². The molecule has 1 rings (SSSR count). The maximum Gasteiger partial charge on any atom is 1.00 e. The molecule has 78 valence electrons.